The van der Waals surface area contributed by atoms with E-state index in [1.807, 2.05) is 42.5 Å². The van der Waals surface area contributed by atoms with Crippen LogP contribution < -0.4 is 4.74 Å². The number of fused-ring (bicyclic) bond motifs is 3. The molecule has 0 radical (unpaired) electrons. The van der Waals surface area contributed by atoms with Crippen molar-refractivity contribution in [1.82, 2.24) is 0 Å². The molecule has 0 fully saturated rings. The third-order valence-corrected chi connectivity index (χ3v) is 3.85. The smallest absolute Gasteiger partial charge is 0 e. The summed E-state index contributed by atoms with van der Waals surface area (Å²) in [5.74, 6) is 0.706. The van der Waals surface area contributed by atoms with E-state index in [1.165, 1.54) is 0 Å². The molecular formula is C19H16CrO6. The molecule has 0 saturated heterocycles. The summed E-state index contributed by atoms with van der Waals surface area (Å²) in [7, 11) is 1.61. The minimum absolute atomic E-state index is 0. The van der Waals surface area contributed by atoms with Crippen molar-refractivity contribution < 1.29 is 46.3 Å². The predicted molar refractivity (Wildman–Crippen MR) is 84.7 cm³/mol. The maximum Gasteiger partial charge on any atom is 0 e. The fraction of sp³-hybridized carbons (Fsp3) is 0.211. The van der Waals surface area contributed by atoms with Crippen LogP contribution in [0.2, 0.25) is 0 Å². The zero-order chi connectivity index (χ0) is 19.6. The fourth-order valence-corrected chi connectivity index (χ4v) is 2.81. The molecular weight excluding hydrogens is 376 g/mol. The number of ether oxygens (including phenoxy) is 1. The van der Waals surface area contributed by atoms with Gasteiger partial charge in [-0.1, -0.05) is 36.4 Å². The van der Waals surface area contributed by atoms with Gasteiger partial charge in [0.2, 0.25) is 0 Å². The summed E-state index contributed by atoms with van der Waals surface area (Å²) in [4.78, 5) is 0. The first-order valence-electron chi connectivity index (χ1n) is 6.86. The molecule has 1 aliphatic carbocycles. The predicted octanol–water partition coefficient (Wildman–Crippen LogP) is 2.50. The Bertz CT molecular complexity index is 750. The largest absolute Gasteiger partial charge is 0 e. The van der Waals surface area contributed by atoms with Gasteiger partial charge >= 0.3 is 33.9 Å². The van der Waals surface area contributed by atoms with Gasteiger partial charge in [-0.2, -0.15) is 0 Å². The van der Waals surface area contributed by atoms with Gasteiger partial charge in [-0.05, 0) is 29.7 Å². The second-order valence-corrected chi connectivity index (χ2v) is 5.02. The monoisotopic (exact) mass is 392 g/mol. The van der Waals surface area contributed by atoms with Crippen LogP contribution in [0.25, 0.3) is 11.1 Å². The second-order valence-electron chi connectivity index (χ2n) is 5.02. The molecule has 0 unspecified atom stereocenters. The molecule has 134 valence electrons. The second kappa shape index (κ2) is 12.3. The van der Waals surface area contributed by atoms with Gasteiger partial charge in [-0.3, -0.25) is 0 Å². The average Bonchev–Trinajstić information content (AvgIpc) is 2.70. The standard InChI is InChI=1S/C16H16O3.3CO.Cr/c1-16(18)12-8-5-9-13(19-2)14(12)10-6-3-4-7-11(10)15(16)17;3*1-2;/h3-9,15,17-18H,1-2H3;;;;/t15-,16-;;;;/m0..../s1. The molecule has 0 aliphatic heterocycles. The van der Waals surface area contributed by atoms with Gasteiger partial charge in [0.25, 0.3) is 0 Å². The van der Waals surface area contributed by atoms with Gasteiger partial charge in [0, 0.05) is 22.9 Å². The number of aliphatic hydroxyl groups excluding tert-OH is 1. The van der Waals surface area contributed by atoms with Crippen molar-refractivity contribution >= 4 is 0 Å². The topological polar surface area (TPSA) is 109 Å². The van der Waals surface area contributed by atoms with E-state index in [2.05, 4.69) is 20.0 Å². The van der Waals surface area contributed by atoms with Gasteiger partial charge in [-0.15, -0.1) is 0 Å². The number of rotatable bonds is 1. The Labute approximate surface area is 162 Å². The Kier molecular flexibility index (Phi) is 12.4. The van der Waals surface area contributed by atoms with E-state index in [4.69, 9.17) is 18.7 Å². The van der Waals surface area contributed by atoms with Crippen LogP contribution in [-0.2, 0) is 36.9 Å². The van der Waals surface area contributed by atoms with E-state index in [1.54, 1.807) is 14.0 Å². The number of benzene rings is 2. The first kappa shape index (κ1) is 26.1. The van der Waals surface area contributed by atoms with Crippen molar-refractivity contribution in [2.75, 3.05) is 7.11 Å². The molecule has 7 heteroatoms. The molecule has 2 atom stereocenters. The molecule has 0 saturated carbocycles. The van der Waals surface area contributed by atoms with E-state index in [0.717, 1.165) is 16.7 Å². The first-order chi connectivity index (χ1) is 12.1. The Balaban J connectivity index is 0. The molecule has 26 heavy (non-hydrogen) atoms. The van der Waals surface area contributed by atoms with Crippen molar-refractivity contribution in [3.8, 4) is 16.9 Å². The van der Waals surface area contributed by atoms with Crippen LogP contribution in [0.15, 0.2) is 42.5 Å². The molecule has 0 amide bonds. The number of aliphatic hydroxyl groups is 2. The number of hydrogen-bond acceptors (Lipinski definition) is 3. The van der Waals surface area contributed by atoms with Crippen LogP contribution in [-0.4, -0.2) is 17.3 Å². The van der Waals surface area contributed by atoms with E-state index < -0.39 is 11.7 Å². The van der Waals surface area contributed by atoms with Crippen molar-refractivity contribution in [1.29, 1.82) is 0 Å². The van der Waals surface area contributed by atoms with Crippen LogP contribution in [0.5, 0.6) is 5.75 Å². The summed E-state index contributed by atoms with van der Waals surface area (Å²) in [6, 6.07) is 13.1. The summed E-state index contributed by atoms with van der Waals surface area (Å²) in [5, 5.41) is 21.1. The first-order valence-corrected chi connectivity index (χ1v) is 6.86. The molecule has 0 aromatic heterocycles. The van der Waals surface area contributed by atoms with Crippen molar-refractivity contribution in [3.05, 3.63) is 73.5 Å². The van der Waals surface area contributed by atoms with E-state index in [0.29, 0.717) is 11.3 Å². The maximum absolute atomic E-state index is 10.7. The molecule has 3 rings (SSSR count). The van der Waals surface area contributed by atoms with E-state index in [-0.39, 0.29) is 17.4 Å². The van der Waals surface area contributed by atoms with Crippen LogP contribution in [0.1, 0.15) is 24.2 Å². The summed E-state index contributed by atoms with van der Waals surface area (Å²) in [6.45, 7) is 15.1. The Hall–Kier alpha value is -2.09. The molecule has 2 aromatic carbocycles. The third kappa shape index (κ3) is 4.75. The van der Waals surface area contributed by atoms with Crippen LogP contribution >= 0.6 is 0 Å². The molecule has 0 spiro atoms. The van der Waals surface area contributed by atoms with Crippen molar-refractivity contribution in [3.63, 3.8) is 0 Å². The summed E-state index contributed by atoms with van der Waals surface area (Å²) < 4.78 is 27.9. The normalized spacial score (nSPS) is 18.2. The van der Waals surface area contributed by atoms with Crippen molar-refractivity contribution in [2.24, 2.45) is 0 Å². The Morgan fingerprint density at radius 2 is 1.50 bits per heavy atom. The minimum Gasteiger partial charge on any atom is 0 e. The Morgan fingerprint density at radius 3 is 2.04 bits per heavy atom. The zero-order valence-electron chi connectivity index (χ0n) is 14.1. The molecule has 0 heterocycles. The fourth-order valence-electron chi connectivity index (χ4n) is 2.81. The number of methoxy groups -OCH3 is 1. The van der Waals surface area contributed by atoms with Crippen LogP contribution in [0.4, 0.5) is 0 Å². The molecule has 1 aliphatic rings. The molecule has 2 aromatic rings. The molecule has 6 nitrogen and oxygen atoms in total. The SMILES string of the molecule is COc1cccc2c1-c1ccccc1[C@H](O)[C@@]2(C)O.[C-]#[O+].[C-]#[O+].[C-]#[O+].[Cr]. The van der Waals surface area contributed by atoms with Gasteiger partial charge in [-0.25, -0.2) is 0 Å². The van der Waals surface area contributed by atoms with E-state index in [9.17, 15) is 10.2 Å². The maximum atomic E-state index is 10.7. The van der Waals surface area contributed by atoms with Crippen LogP contribution in [0.3, 0.4) is 0 Å². The third-order valence-electron chi connectivity index (χ3n) is 3.85. The van der Waals surface area contributed by atoms with Gasteiger partial charge in [0.15, 0.2) is 0 Å². The Morgan fingerprint density at radius 1 is 0.962 bits per heavy atom. The summed E-state index contributed by atoms with van der Waals surface area (Å²) in [6.07, 6.45) is -0.941. The summed E-state index contributed by atoms with van der Waals surface area (Å²) in [5.41, 5.74) is 1.87. The van der Waals surface area contributed by atoms with E-state index >= 15 is 0 Å². The quantitative estimate of drug-likeness (QED) is 0.575. The van der Waals surface area contributed by atoms with Gasteiger partial charge < -0.3 is 14.9 Å². The van der Waals surface area contributed by atoms with Crippen LogP contribution in [0, 0.1) is 20.0 Å². The summed E-state index contributed by atoms with van der Waals surface area (Å²) >= 11 is 0. The zero-order valence-corrected chi connectivity index (χ0v) is 15.3. The van der Waals surface area contributed by atoms with Crippen molar-refractivity contribution in [2.45, 2.75) is 18.6 Å². The minimum atomic E-state index is -1.32. The number of hydrogen-bond donors (Lipinski definition) is 2. The molecule has 2 N–H and O–H groups in total. The van der Waals surface area contributed by atoms with Gasteiger partial charge in [0.05, 0.1) is 7.11 Å². The average molecular weight is 392 g/mol. The van der Waals surface area contributed by atoms with Gasteiger partial charge in [0.1, 0.15) is 17.5 Å². The molecule has 0 bridgehead atoms.